The maximum atomic E-state index is 13.2. The molecule has 1 aromatic carbocycles. The Morgan fingerprint density at radius 1 is 1.39 bits per heavy atom. The maximum Gasteiger partial charge on any atom is 0.272 e. The van der Waals surface area contributed by atoms with Gasteiger partial charge in [-0.15, -0.1) is 0 Å². The molecule has 2 aromatic rings. The zero-order chi connectivity index (χ0) is 17.0. The van der Waals surface area contributed by atoms with E-state index in [9.17, 15) is 17.6 Å². The normalized spacial score (nSPS) is 12.8. The van der Waals surface area contributed by atoms with Crippen LogP contribution in [-0.4, -0.2) is 41.7 Å². The van der Waals surface area contributed by atoms with Gasteiger partial charge in [-0.1, -0.05) is 13.0 Å². The second-order valence-corrected chi connectivity index (χ2v) is 7.60. The van der Waals surface area contributed by atoms with Crippen molar-refractivity contribution >= 4 is 15.7 Å². The molecule has 0 radical (unpaired) electrons. The molecule has 0 fully saturated rings. The molecule has 8 heteroatoms. The highest BCUT2D eigenvalue weighted by atomic mass is 32.2. The lowest BCUT2D eigenvalue weighted by Gasteiger charge is -2.12. The highest BCUT2D eigenvalue weighted by Gasteiger charge is 2.18. The highest BCUT2D eigenvalue weighted by molar-refractivity contribution is 7.91. The Bertz CT molecular complexity index is 802. The molecule has 1 heterocycles. The zero-order valence-corrected chi connectivity index (χ0v) is 13.7. The van der Waals surface area contributed by atoms with E-state index in [1.807, 2.05) is 0 Å². The van der Waals surface area contributed by atoms with E-state index in [1.54, 1.807) is 26.0 Å². The van der Waals surface area contributed by atoms with E-state index in [1.165, 1.54) is 29.1 Å². The number of rotatable bonds is 6. The molecule has 0 aliphatic heterocycles. The fourth-order valence-electron chi connectivity index (χ4n) is 2.05. The van der Waals surface area contributed by atoms with Crippen molar-refractivity contribution in [3.8, 4) is 5.69 Å². The van der Waals surface area contributed by atoms with Gasteiger partial charge in [0.15, 0.2) is 15.5 Å². The zero-order valence-electron chi connectivity index (χ0n) is 12.9. The van der Waals surface area contributed by atoms with Gasteiger partial charge in [-0.2, -0.15) is 5.10 Å². The van der Waals surface area contributed by atoms with Crippen molar-refractivity contribution in [1.82, 2.24) is 15.1 Å². The quantitative estimate of drug-likeness (QED) is 0.866. The Labute approximate surface area is 134 Å². The van der Waals surface area contributed by atoms with E-state index in [2.05, 4.69) is 10.4 Å². The maximum absolute atomic E-state index is 13.2. The first kappa shape index (κ1) is 17.1. The molecule has 0 aliphatic rings. The highest BCUT2D eigenvalue weighted by Crippen LogP contribution is 2.09. The van der Waals surface area contributed by atoms with Crippen molar-refractivity contribution in [2.45, 2.75) is 19.9 Å². The Balaban J connectivity index is 2.07. The van der Waals surface area contributed by atoms with Crippen molar-refractivity contribution in [3.05, 3.63) is 48.0 Å². The van der Waals surface area contributed by atoms with Gasteiger partial charge >= 0.3 is 0 Å². The number of halogens is 1. The Hall–Kier alpha value is -2.22. The molecule has 124 valence electrons. The molecule has 1 amide bonds. The molecule has 0 aliphatic carbocycles. The Morgan fingerprint density at radius 2 is 2.13 bits per heavy atom. The third-order valence-corrected chi connectivity index (χ3v) is 5.10. The average Bonchev–Trinajstić information content (AvgIpc) is 2.96. The minimum Gasteiger partial charge on any atom is -0.347 e. The number of amides is 1. The van der Waals surface area contributed by atoms with Crippen LogP contribution in [-0.2, 0) is 9.84 Å². The van der Waals surface area contributed by atoms with Gasteiger partial charge in [-0.05, 0) is 31.2 Å². The van der Waals surface area contributed by atoms with Crippen LogP contribution < -0.4 is 5.32 Å². The third kappa shape index (κ3) is 4.62. The number of benzene rings is 1. The summed E-state index contributed by atoms with van der Waals surface area (Å²) >= 11 is 0. The lowest BCUT2D eigenvalue weighted by Crippen LogP contribution is -2.38. The molecule has 2 rings (SSSR count). The van der Waals surface area contributed by atoms with Gasteiger partial charge in [-0.25, -0.2) is 17.5 Å². The monoisotopic (exact) mass is 339 g/mol. The molecule has 0 unspecified atom stereocenters. The van der Waals surface area contributed by atoms with Crippen LogP contribution in [0.5, 0.6) is 0 Å². The number of carbonyl (C=O) groups is 1. The number of aromatic nitrogens is 2. The van der Waals surface area contributed by atoms with E-state index in [-0.39, 0.29) is 17.2 Å². The first-order valence-electron chi connectivity index (χ1n) is 7.13. The van der Waals surface area contributed by atoms with Gasteiger partial charge in [0.1, 0.15) is 5.82 Å². The van der Waals surface area contributed by atoms with Crippen LogP contribution in [0.25, 0.3) is 5.69 Å². The third-order valence-electron chi connectivity index (χ3n) is 3.22. The molecular formula is C15H18FN3O3S. The Kier molecular flexibility index (Phi) is 5.15. The first-order valence-corrected chi connectivity index (χ1v) is 8.96. The Morgan fingerprint density at radius 3 is 2.78 bits per heavy atom. The number of nitrogens with one attached hydrogen (secondary N) is 1. The molecule has 0 saturated carbocycles. The summed E-state index contributed by atoms with van der Waals surface area (Å²) in [6, 6.07) is 6.78. The number of sulfone groups is 1. The minimum atomic E-state index is -3.17. The fraction of sp³-hybridized carbons (Fsp3) is 0.333. The average molecular weight is 339 g/mol. The van der Waals surface area contributed by atoms with Gasteiger partial charge < -0.3 is 5.32 Å². The van der Waals surface area contributed by atoms with Crippen LogP contribution in [0, 0.1) is 5.82 Å². The van der Waals surface area contributed by atoms with Crippen LogP contribution in [0.4, 0.5) is 4.39 Å². The van der Waals surface area contributed by atoms with Crippen LogP contribution in [0.15, 0.2) is 36.5 Å². The second kappa shape index (κ2) is 6.91. The SMILES string of the molecule is CCS(=O)(=O)C[C@@H](C)NC(=O)c1ccn(-c2cccc(F)c2)n1. The standard InChI is InChI=1S/C15H18FN3O3S/c1-3-23(21,22)10-11(2)17-15(20)14-7-8-19(18-14)13-6-4-5-12(16)9-13/h4-9,11H,3,10H2,1-2H3,(H,17,20)/t11-/m1/s1. The van der Waals surface area contributed by atoms with Gasteiger partial charge in [0.2, 0.25) is 0 Å². The number of hydrogen-bond donors (Lipinski definition) is 1. The summed E-state index contributed by atoms with van der Waals surface area (Å²) in [6.07, 6.45) is 1.54. The summed E-state index contributed by atoms with van der Waals surface area (Å²) in [6.45, 7) is 3.18. The smallest absolute Gasteiger partial charge is 0.272 e. The van der Waals surface area contributed by atoms with Crippen molar-refractivity contribution in [2.24, 2.45) is 0 Å². The summed E-state index contributed by atoms with van der Waals surface area (Å²) in [5, 5.41) is 6.67. The molecule has 0 saturated heterocycles. The largest absolute Gasteiger partial charge is 0.347 e. The van der Waals surface area contributed by atoms with E-state index >= 15 is 0 Å². The molecular weight excluding hydrogens is 321 g/mol. The summed E-state index contributed by atoms with van der Waals surface area (Å²) in [5.41, 5.74) is 0.626. The topological polar surface area (TPSA) is 81.1 Å². The predicted octanol–water partition coefficient (Wildman–Crippen LogP) is 1.56. The van der Waals surface area contributed by atoms with Gasteiger partial charge in [0, 0.05) is 18.0 Å². The van der Waals surface area contributed by atoms with Gasteiger partial charge in [-0.3, -0.25) is 4.79 Å². The molecule has 23 heavy (non-hydrogen) atoms. The molecule has 6 nitrogen and oxygen atoms in total. The minimum absolute atomic E-state index is 0.0292. The van der Waals surface area contributed by atoms with Crippen LogP contribution >= 0.6 is 0 Å². The first-order chi connectivity index (χ1) is 10.8. The van der Waals surface area contributed by atoms with E-state index in [4.69, 9.17) is 0 Å². The number of carbonyl (C=O) groups excluding carboxylic acids is 1. The van der Waals surface area contributed by atoms with E-state index in [0.717, 1.165) is 0 Å². The van der Waals surface area contributed by atoms with E-state index < -0.39 is 27.6 Å². The molecule has 1 N–H and O–H groups in total. The van der Waals surface area contributed by atoms with E-state index in [0.29, 0.717) is 5.69 Å². The molecule has 1 aromatic heterocycles. The van der Waals surface area contributed by atoms with Crippen molar-refractivity contribution < 1.29 is 17.6 Å². The van der Waals surface area contributed by atoms with Crippen molar-refractivity contribution in [2.75, 3.05) is 11.5 Å². The fourth-order valence-corrected chi connectivity index (χ4v) is 3.13. The van der Waals surface area contributed by atoms with Crippen LogP contribution in [0.3, 0.4) is 0 Å². The number of hydrogen-bond acceptors (Lipinski definition) is 4. The predicted molar refractivity (Wildman–Crippen MR) is 84.8 cm³/mol. The van der Waals surface area contributed by atoms with Crippen LogP contribution in [0.2, 0.25) is 0 Å². The summed E-state index contributed by atoms with van der Waals surface area (Å²) in [7, 11) is -3.17. The van der Waals surface area contributed by atoms with Gasteiger partial charge in [0.05, 0.1) is 11.4 Å². The summed E-state index contributed by atoms with van der Waals surface area (Å²) < 4.78 is 37.7. The molecule has 0 bridgehead atoms. The van der Waals surface area contributed by atoms with Crippen LogP contribution in [0.1, 0.15) is 24.3 Å². The summed E-state index contributed by atoms with van der Waals surface area (Å²) in [4.78, 5) is 12.1. The lowest BCUT2D eigenvalue weighted by molar-refractivity contribution is 0.0938. The molecule has 0 spiro atoms. The molecule has 1 atom stereocenters. The van der Waals surface area contributed by atoms with Crippen molar-refractivity contribution in [1.29, 1.82) is 0 Å². The van der Waals surface area contributed by atoms with Crippen molar-refractivity contribution in [3.63, 3.8) is 0 Å². The second-order valence-electron chi connectivity index (χ2n) is 5.20. The van der Waals surface area contributed by atoms with Gasteiger partial charge in [0.25, 0.3) is 5.91 Å². The number of nitrogens with zero attached hydrogens (tertiary/aromatic N) is 2. The summed E-state index contributed by atoms with van der Waals surface area (Å²) in [5.74, 6) is -0.970. The lowest BCUT2D eigenvalue weighted by atomic mass is 10.3.